The maximum atomic E-state index is 12.7. The van der Waals surface area contributed by atoms with Crippen LogP contribution >= 0.6 is 0 Å². The Kier molecular flexibility index (Phi) is 6.40. The van der Waals surface area contributed by atoms with Gasteiger partial charge in [-0.05, 0) is 25.1 Å². The Balaban J connectivity index is 3.11. The Hall–Kier alpha value is -1.57. The topological polar surface area (TPSA) is 37.4 Å². The van der Waals surface area contributed by atoms with E-state index in [2.05, 4.69) is 43.4 Å². The van der Waals surface area contributed by atoms with E-state index in [1.165, 1.54) is 4.31 Å². The zero-order chi connectivity index (χ0) is 16.8. The van der Waals surface area contributed by atoms with Gasteiger partial charge in [-0.15, -0.1) is 11.3 Å². The van der Waals surface area contributed by atoms with E-state index in [4.69, 9.17) is 0 Å². The first-order chi connectivity index (χ1) is 10.2. The fourth-order valence-corrected chi connectivity index (χ4v) is 3.56. The van der Waals surface area contributed by atoms with Crippen molar-refractivity contribution in [2.45, 2.75) is 31.5 Å². The van der Waals surface area contributed by atoms with Gasteiger partial charge in [0, 0.05) is 6.54 Å². The van der Waals surface area contributed by atoms with E-state index >= 15 is 0 Å². The highest BCUT2D eigenvalue weighted by Crippen LogP contribution is 2.16. The molecule has 0 spiro atoms. The molecule has 0 unspecified atom stereocenters. The molecule has 0 aromatic heterocycles. The number of hydrogen-bond donors (Lipinski definition) is 0. The van der Waals surface area contributed by atoms with E-state index in [9.17, 15) is 8.42 Å². The molecule has 0 bridgehead atoms. The second kappa shape index (κ2) is 7.62. The lowest BCUT2D eigenvalue weighted by atomic mass is 10.2. The van der Waals surface area contributed by atoms with Crippen LogP contribution in [0.4, 0.5) is 0 Å². The lowest BCUT2D eigenvalue weighted by Gasteiger charge is -2.18. The van der Waals surface area contributed by atoms with Crippen LogP contribution in [0.1, 0.15) is 5.56 Å². The van der Waals surface area contributed by atoms with Gasteiger partial charge in [0.05, 0.1) is 11.4 Å². The maximum Gasteiger partial charge on any atom is 0.244 e. The summed E-state index contributed by atoms with van der Waals surface area (Å²) in [4.78, 5) is 0.283. The molecule has 0 aliphatic heterocycles. The zero-order valence-corrected chi connectivity index (χ0v) is 15.5. The minimum Gasteiger partial charge on any atom is -0.207 e. The van der Waals surface area contributed by atoms with Crippen molar-refractivity contribution in [3.63, 3.8) is 0 Å². The Morgan fingerprint density at radius 3 is 2.32 bits per heavy atom. The number of sulfonamides is 1. The second-order valence-corrected chi connectivity index (χ2v) is 12.8. The molecule has 0 heterocycles. The maximum absolute atomic E-state index is 12.7. The molecular formula is C17H23NO2SSi. The number of benzene rings is 1. The standard InChI is InChI=1S/C17H23NO2SSi/c1-6-7-13-18(14-8-15-22(3,4)5)21(19,20)17-11-9-16(2)10-12-17/h7,9-12H,1,13-14H2,2-5H3. The van der Waals surface area contributed by atoms with Crippen LogP contribution in [0.25, 0.3) is 0 Å². The summed E-state index contributed by atoms with van der Waals surface area (Å²) in [6, 6.07) is 6.84. The number of hydrogen-bond acceptors (Lipinski definition) is 2. The molecule has 1 aromatic rings. The predicted octanol–water partition coefficient (Wildman–Crippen LogP) is 3.21. The predicted molar refractivity (Wildman–Crippen MR) is 94.8 cm³/mol. The van der Waals surface area contributed by atoms with Gasteiger partial charge in [-0.1, -0.05) is 49.8 Å². The number of rotatable bonds is 5. The molecule has 0 amide bonds. The summed E-state index contributed by atoms with van der Waals surface area (Å²) in [7, 11) is -5.08. The highest BCUT2D eigenvalue weighted by molar-refractivity contribution is 7.89. The summed E-state index contributed by atoms with van der Waals surface area (Å²) in [5.41, 5.74) is 6.83. The average molecular weight is 334 g/mol. The number of aryl methyl sites for hydroxylation is 1. The Morgan fingerprint density at radius 1 is 1.23 bits per heavy atom. The largest absolute Gasteiger partial charge is 0.244 e. The fourth-order valence-electron chi connectivity index (χ4n) is 1.67. The van der Waals surface area contributed by atoms with Crippen molar-refractivity contribution in [3.8, 4) is 11.5 Å². The molecular weight excluding hydrogens is 310 g/mol. The summed E-state index contributed by atoms with van der Waals surface area (Å²) in [6.45, 7) is 12.2. The third-order valence-corrected chi connectivity index (χ3v) is 5.57. The third-order valence-electron chi connectivity index (χ3n) is 2.82. The van der Waals surface area contributed by atoms with Gasteiger partial charge < -0.3 is 0 Å². The van der Waals surface area contributed by atoms with Gasteiger partial charge in [-0.25, -0.2) is 8.42 Å². The average Bonchev–Trinajstić information content (AvgIpc) is 2.41. The lowest BCUT2D eigenvalue weighted by molar-refractivity contribution is 0.478. The van der Waals surface area contributed by atoms with Crippen LogP contribution in [0.5, 0.6) is 0 Å². The molecule has 118 valence electrons. The van der Waals surface area contributed by atoms with E-state index < -0.39 is 18.1 Å². The minimum absolute atomic E-state index is 0.179. The Bertz CT molecular complexity index is 713. The van der Waals surface area contributed by atoms with Crippen molar-refractivity contribution in [1.29, 1.82) is 0 Å². The summed E-state index contributed by atoms with van der Waals surface area (Å²) in [6.07, 6.45) is 1.60. The minimum atomic E-state index is -3.56. The van der Waals surface area contributed by atoms with Crippen molar-refractivity contribution in [3.05, 3.63) is 48.2 Å². The first kappa shape index (κ1) is 18.5. The van der Waals surface area contributed by atoms with E-state index in [1.54, 1.807) is 30.3 Å². The number of nitrogens with zero attached hydrogens (tertiary/aromatic N) is 1. The van der Waals surface area contributed by atoms with E-state index in [0.29, 0.717) is 0 Å². The SMILES string of the molecule is C=C=CCN(CC#C[Si](C)(C)C)S(=O)(=O)c1ccc(C)cc1. The molecule has 3 nitrogen and oxygen atoms in total. The van der Waals surface area contributed by atoms with Gasteiger partial charge in [0.15, 0.2) is 0 Å². The normalized spacial score (nSPS) is 11.5. The van der Waals surface area contributed by atoms with Crippen LogP contribution in [0.2, 0.25) is 19.6 Å². The summed E-state index contributed by atoms with van der Waals surface area (Å²) >= 11 is 0. The Morgan fingerprint density at radius 2 is 1.82 bits per heavy atom. The van der Waals surface area contributed by atoms with Gasteiger partial charge >= 0.3 is 0 Å². The summed E-state index contributed by atoms with van der Waals surface area (Å²) < 4.78 is 26.8. The van der Waals surface area contributed by atoms with Crippen molar-refractivity contribution >= 4 is 18.1 Å². The fraction of sp³-hybridized carbons (Fsp3) is 0.353. The monoisotopic (exact) mass is 333 g/mol. The van der Waals surface area contributed by atoms with Crippen LogP contribution < -0.4 is 0 Å². The van der Waals surface area contributed by atoms with Crippen molar-refractivity contribution < 1.29 is 8.42 Å². The van der Waals surface area contributed by atoms with E-state index in [-0.39, 0.29) is 18.0 Å². The van der Waals surface area contributed by atoms with Crippen molar-refractivity contribution in [2.75, 3.05) is 13.1 Å². The second-order valence-electron chi connectivity index (χ2n) is 6.07. The van der Waals surface area contributed by atoms with Crippen LogP contribution in [-0.2, 0) is 10.0 Å². The first-order valence-electron chi connectivity index (χ1n) is 7.08. The zero-order valence-electron chi connectivity index (χ0n) is 13.7. The quantitative estimate of drug-likeness (QED) is 0.471. The van der Waals surface area contributed by atoms with Gasteiger partial charge in [-0.3, -0.25) is 0 Å². The molecule has 0 saturated heterocycles. The first-order valence-corrected chi connectivity index (χ1v) is 12.0. The van der Waals surface area contributed by atoms with Gasteiger partial charge in [-0.2, -0.15) is 4.31 Å². The highest BCUT2D eigenvalue weighted by atomic mass is 32.2. The summed E-state index contributed by atoms with van der Waals surface area (Å²) in [5.74, 6) is 3.01. The highest BCUT2D eigenvalue weighted by Gasteiger charge is 2.22. The van der Waals surface area contributed by atoms with Gasteiger partial charge in [0.25, 0.3) is 0 Å². The molecule has 0 radical (unpaired) electrons. The molecule has 0 N–H and O–H groups in total. The molecule has 5 heteroatoms. The molecule has 1 rings (SSSR count). The van der Waals surface area contributed by atoms with Crippen LogP contribution in [0, 0.1) is 18.4 Å². The summed E-state index contributed by atoms with van der Waals surface area (Å²) in [5, 5.41) is 0. The molecule has 0 saturated carbocycles. The van der Waals surface area contributed by atoms with E-state index in [0.717, 1.165) is 5.56 Å². The van der Waals surface area contributed by atoms with Crippen LogP contribution in [0.15, 0.2) is 47.5 Å². The molecule has 1 aromatic carbocycles. The Labute approximate surface area is 135 Å². The van der Waals surface area contributed by atoms with E-state index in [1.807, 2.05) is 6.92 Å². The van der Waals surface area contributed by atoms with Crippen LogP contribution in [-0.4, -0.2) is 33.9 Å². The van der Waals surface area contributed by atoms with Crippen molar-refractivity contribution in [2.24, 2.45) is 0 Å². The van der Waals surface area contributed by atoms with Crippen molar-refractivity contribution in [1.82, 2.24) is 4.31 Å². The molecule has 0 aliphatic rings. The molecule has 22 heavy (non-hydrogen) atoms. The van der Waals surface area contributed by atoms with Crippen LogP contribution in [0.3, 0.4) is 0 Å². The smallest absolute Gasteiger partial charge is 0.207 e. The molecule has 0 atom stereocenters. The molecule has 0 aliphatic carbocycles. The molecule has 0 fully saturated rings. The van der Waals surface area contributed by atoms with Gasteiger partial charge in [0.1, 0.15) is 8.07 Å². The lowest BCUT2D eigenvalue weighted by Crippen LogP contribution is -2.32. The van der Waals surface area contributed by atoms with Gasteiger partial charge in [0.2, 0.25) is 10.0 Å². The third kappa shape index (κ3) is 5.67.